The lowest BCUT2D eigenvalue weighted by Gasteiger charge is -2.17. The fourth-order valence-electron chi connectivity index (χ4n) is 1.19. The van der Waals surface area contributed by atoms with Crippen LogP contribution in [0.1, 0.15) is 20.3 Å². The normalized spacial score (nSPS) is 11.6. The molecule has 0 fully saturated rings. The zero-order valence-corrected chi connectivity index (χ0v) is 10.3. The van der Waals surface area contributed by atoms with Crippen molar-refractivity contribution in [3.63, 3.8) is 0 Å². The molecule has 0 rings (SSSR count). The maximum absolute atomic E-state index is 11.7. The van der Waals surface area contributed by atoms with Crippen LogP contribution in [0.25, 0.3) is 0 Å². The Hall–Kier alpha value is -0.570. The standard InChI is InChI=1S/C10H20N2O2S/c1-4-9-12(6-3)15(13,14)10-7-8-11-5-2/h1,11H,5-10H2,2-3H3. The highest BCUT2D eigenvalue weighted by Gasteiger charge is 2.18. The van der Waals surface area contributed by atoms with E-state index < -0.39 is 10.0 Å². The summed E-state index contributed by atoms with van der Waals surface area (Å²) in [5.74, 6) is 2.52. The summed E-state index contributed by atoms with van der Waals surface area (Å²) in [5.41, 5.74) is 0. The van der Waals surface area contributed by atoms with Crippen LogP contribution in [-0.4, -0.2) is 44.7 Å². The number of hydrogen-bond donors (Lipinski definition) is 1. The number of rotatable bonds is 8. The molecule has 4 nitrogen and oxygen atoms in total. The number of nitrogens with zero attached hydrogens (tertiary/aromatic N) is 1. The van der Waals surface area contributed by atoms with Gasteiger partial charge in [-0.3, -0.25) is 0 Å². The van der Waals surface area contributed by atoms with Crippen molar-refractivity contribution in [1.82, 2.24) is 9.62 Å². The molecule has 15 heavy (non-hydrogen) atoms. The van der Waals surface area contributed by atoms with Gasteiger partial charge in [0.25, 0.3) is 0 Å². The molecular weight excluding hydrogens is 212 g/mol. The molecule has 0 aromatic rings. The Morgan fingerprint density at radius 1 is 1.40 bits per heavy atom. The number of sulfonamides is 1. The van der Waals surface area contributed by atoms with Gasteiger partial charge in [0, 0.05) is 6.54 Å². The van der Waals surface area contributed by atoms with Crippen LogP contribution in [0.3, 0.4) is 0 Å². The molecular formula is C10H20N2O2S. The third-order valence-electron chi connectivity index (χ3n) is 2.02. The summed E-state index contributed by atoms with van der Waals surface area (Å²) in [6.07, 6.45) is 5.73. The Kier molecular flexibility index (Phi) is 7.39. The largest absolute Gasteiger partial charge is 0.317 e. The fraction of sp³-hybridized carbons (Fsp3) is 0.800. The monoisotopic (exact) mass is 232 g/mol. The van der Waals surface area contributed by atoms with Gasteiger partial charge in [0.05, 0.1) is 12.3 Å². The van der Waals surface area contributed by atoms with Crippen molar-refractivity contribution < 1.29 is 8.42 Å². The molecule has 0 aliphatic carbocycles. The predicted molar refractivity (Wildman–Crippen MR) is 63.0 cm³/mol. The van der Waals surface area contributed by atoms with E-state index in [0.717, 1.165) is 13.1 Å². The van der Waals surface area contributed by atoms with Gasteiger partial charge in [0.15, 0.2) is 0 Å². The molecule has 88 valence electrons. The topological polar surface area (TPSA) is 49.4 Å². The fourth-order valence-corrected chi connectivity index (χ4v) is 2.63. The van der Waals surface area contributed by atoms with Crippen molar-refractivity contribution in [3.8, 4) is 12.3 Å². The lowest BCUT2D eigenvalue weighted by Crippen LogP contribution is -2.34. The summed E-state index contributed by atoms with van der Waals surface area (Å²) in [7, 11) is -3.16. The zero-order valence-electron chi connectivity index (χ0n) is 9.49. The highest BCUT2D eigenvalue weighted by Crippen LogP contribution is 2.01. The van der Waals surface area contributed by atoms with E-state index in [4.69, 9.17) is 6.42 Å². The van der Waals surface area contributed by atoms with E-state index in [1.807, 2.05) is 6.92 Å². The van der Waals surface area contributed by atoms with E-state index in [1.165, 1.54) is 4.31 Å². The van der Waals surface area contributed by atoms with Gasteiger partial charge in [-0.15, -0.1) is 6.42 Å². The van der Waals surface area contributed by atoms with Crippen molar-refractivity contribution in [2.24, 2.45) is 0 Å². The predicted octanol–water partition coefficient (Wildman–Crippen LogP) is 0.271. The number of nitrogens with one attached hydrogen (secondary N) is 1. The first-order valence-corrected chi connectivity index (χ1v) is 6.81. The second-order valence-electron chi connectivity index (χ2n) is 3.15. The van der Waals surface area contributed by atoms with Crippen LogP contribution in [0.15, 0.2) is 0 Å². The van der Waals surface area contributed by atoms with Gasteiger partial charge < -0.3 is 5.32 Å². The molecule has 0 heterocycles. The van der Waals surface area contributed by atoms with Gasteiger partial charge in [-0.05, 0) is 19.5 Å². The molecule has 1 N–H and O–H groups in total. The Balaban J connectivity index is 4.10. The van der Waals surface area contributed by atoms with Gasteiger partial charge >= 0.3 is 0 Å². The van der Waals surface area contributed by atoms with Crippen LogP contribution in [0.2, 0.25) is 0 Å². The van der Waals surface area contributed by atoms with Crippen LogP contribution in [0.4, 0.5) is 0 Å². The van der Waals surface area contributed by atoms with E-state index in [9.17, 15) is 8.42 Å². The molecule has 5 heteroatoms. The van der Waals surface area contributed by atoms with Crippen LogP contribution < -0.4 is 5.32 Å². The highest BCUT2D eigenvalue weighted by molar-refractivity contribution is 7.89. The number of terminal acetylenes is 1. The summed E-state index contributed by atoms with van der Waals surface area (Å²) >= 11 is 0. The molecule has 0 aliphatic rings. The van der Waals surface area contributed by atoms with Crippen molar-refractivity contribution in [3.05, 3.63) is 0 Å². The van der Waals surface area contributed by atoms with Crippen molar-refractivity contribution in [2.45, 2.75) is 20.3 Å². The molecule has 0 atom stereocenters. The number of hydrogen-bond acceptors (Lipinski definition) is 3. The smallest absolute Gasteiger partial charge is 0.215 e. The Morgan fingerprint density at radius 2 is 2.07 bits per heavy atom. The van der Waals surface area contributed by atoms with E-state index in [2.05, 4.69) is 11.2 Å². The van der Waals surface area contributed by atoms with E-state index in [0.29, 0.717) is 13.0 Å². The third-order valence-corrected chi connectivity index (χ3v) is 4.00. The van der Waals surface area contributed by atoms with Crippen molar-refractivity contribution in [1.29, 1.82) is 0 Å². The lowest BCUT2D eigenvalue weighted by atomic mass is 10.5. The molecule has 0 spiro atoms. The summed E-state index contributed by atoms with van der Waals surface area (Å²) in [6, 6.07) is 0. The molecule has 0 saturated carbocycles. The average molecular weight is 232 g/mol. The van der Waals surface area contributed by atoms with Crippen LogP contribution in [0, 0.1) is 12.3 Å². The summed E-state index contributed by atoms with van der Waals surface area (Å²) < 4.78 is 24.8. The molecule has 0 amide bonds. The molecule has 0 aromatic carbocycles. The minimum absolute atomic E-state index is 0.162. The maximum Gasteiger partial charge on any atom is 0.215 e. The molecule has 0 bridgehead atoms. The maximum atomic E-state index is 11.7. The van der Waals surface area contributed by atoms with Crippen molar-refractivity contribution in [2.75, 3.05) is 31.9 Å². The van der Waals surface area contributed by atoms with Gasteiger partial charge in [-0.2, -0.15) is 4.31 Å². The van der Waals surface area contributed by atoms with Crippen LogP contribution in [0.5, 0.6) is 0 Å². The minimum Gasteiger partial charge on any atom is -0.317 e. The van der Waals surface area contributed by atoms with Gasteiger partial charge in [0.2, 0.25) is 10.0 Å². The highest BCUT2D eigenvalue weighted by atomic mass is 32.2. The van der Waals surface area contributed by atoms with E-state index >= 15 is 0 Å². The zero-order chi connectivity index (χ0) is 11.7. The first kappa shape index (κ1) is 14.4. The van der Waals surface area contributed by atoms with Gasteiger partial charge in [0.1, 0.15) is 0 Å². The van der Waals surface area contributed by atoms with Crippen LogP contribution >= 0.6 is 0 Å². The van der Waals surface area contributed by atoms with Gasteiger partial charge in [-0.1, -0.05) is 19.8 Å². The molecule has 0 unspecified atom stereocenters. The first-order valence-electron chi connectivity index (χ1n) is 5.20. The lowest BCUT2D eigenvalue weighted by molar-refractivity contribution is 0.462. The second kappa shape index (κ2) is 7.69. The van der Waals surface area contributed by atoms with Crippen LogP contribution in [-0.2, 0) is 10.0 Å². The van der Waals surface area contributed by atoms with E-state index in [1.54, 1.807) is 6.92 Å². The summed E-state index contributed by atoms with van der Waals surface area (Å²) in [5, 5.41) is 3.09. The first-order chi connectivity index (χ1) is 7.08. The SMILES string of the molecule is C#CCN(CC)S(=O)(=O)CCCNCC. The average Bonchev–Trinajstić information content (AvgIpc) is 2.20. The van der Waals surface area contributed by atoms with E-state index in [-0.39, 0.29) is 12.3 Å². The molecule has 0 radical (unpaired) electrons. The molecule has 0 saturated heterocycles. The Labute approximate surface area is 93.1 Å². The molecule has 0 aliphatic heterocycles. The second-order valence-corrected chi connectivity index (χ2v) is 5.24. The van der Waals surface area contributed by atoms with Crippen molar-refractivity contribution >= 4 is 10.0 Å². The summed E-state index contributed by atoms with van der Waals surface area (Å²) in [6.45, 7) is 5.98. The molecule has 0 aromatic heterocycles. The van der Waals surface area contributed by atoms with Gasteiger partial charge in [-0.25, -0.2) is 8.42 Å². The summed E-state index contributed by atoms with van der Waals surface area (Å²) in [4.78, 5) is 0. The minimum atomic E-state index is -3.16. The Bertz CT molecular complexity index is 293. The third kappa shape index (κ3) is 5.78. The Morgan fingerprint density at radius 3 is 2.53 bits per heavy atom. The quantitative estimate of drug-likeness (QED) is 0.483.